The SMILES string of the molecule is Cc1cc(C)cc(OCCN(C)C(=O)CN2CCC(C)C2=O)c1. The first-order chi connectivity index (χ1) is 10.9. The summed E-state index contributed by atoms with van der Waals surface area (Å²) >= 11 is 0. The van der Waals surface area contributed by atoms with E-state index in [1.54, 1.807) is 16.8 Å². The predicted molar refractivity (Wildman–Crippen MR) is 89.4 cm³/mol. The molecule has 5 nitrogen and oxygen atoms in total. The number of aryl methyl sites for hydroxylation is 2. The van der Waals surface area contributed by atoms with E-state index < -0.39 is 0 Å². The topological polar surface area (TPSA) is 49.9 Å². The van der Waals surface area contributed by atoms with Gasteiger partial charge in [-0.05, 0) is 43.5 Å². The van der Waals surface area contributed by atoms with Gasteiger partial charge in [-0.15, -0.1) is 0 Å². The highest BCUT2D eigenvalue weighted by molar-refractivity contribution is 5.86. The molecule has 5 heteroatoms. The molecule has 0 bridgehead atoms. The van der Waals surface area contributed by atoms with Crippen LogP contribution in [0.15, 0.2) is 18.2 Å². The lowest BCUT2D eigenvalue weighted by atomic mass is 10.1. The smallest absolute Gasteiger partial charge is 0.242 e. The van der Waals surface area contributed by atoms with Gasteiger partial charge in [0.1, 0.15) is 12.4 Å². The van der Waals surface area contributed by atoms with Gasteiger partial charge >= 0.3 is 0 Å². The highest BCUT2D eigenvalue weighted by atomic mass is 16.5. The van der Waals surface area contributed by atoms with Crippen molar-refractivity contribution in [2.24, 2.45) is 5.92 Å². The van der Waals surface area contributed by atoms with E-state index in [0.717, 1.165) is 23.3 Å². The van der Waals surface area contributed by atoms with Crippen LogP contribution in [0.2, 0.25) is 0 Å². The normalized spacial score (nSPS) is 17.5. The van der Waals surface area contributed by atoms with Crippen molar-refractivity contribution in [3.8, 4) is 5.75 Å². The molecule has 1 aliphatic heterocycles. The summed E-state index contributed by atoms with van der Waals surface area (Å²) in [7, 11) is 1.75. The molecule has 2 rings (SSSR count). The van der Waals surface area contributed by atoms with Crippen molar-refractivity contribution in [1.29, 1.82) is 0 Å². The van der Waals surface area contributed by atoms with Crippen LogP contribution < -0.4 is 4.74 Å². The molecular formula is C18H26N2O3. The Bertz CT molecular complexity index is 565. The highest BCUT2D eigenvalue weighted by Gasteiger charge is 2.29. The highest BCUT2D eigenvalue weighted by Crippen LogP contribution is 2.17. The number of rotatable bonds is 6. The number of benzene rings is 1. The zero-order valence-corrected chi connectivity index (χ0v) is 14.5. The number of carbonyl (C=O) groups is 2. The number of nitrogens with zero attached hydrogens (tertiary/aromatic N) is 2. The third-order valence-corrected chi connectivity index (χ3v) is 4.21. The Hall–Kier alpha value is -2.04. The largest absolute Gasteiger partial charge is 0.492 e. The first kappa shape index (κ1) is 17.3. The second kappa shape index (κ2) is 7.49. The number of amides is 2. The Kier molecular flexibility index (Phi) is 5.64. The monoisotopic (exact) mass is 318 g/mol. The van der Waals surface area contributed by atoms with Crippen LogP contribution in [0.5, 0.6) is 5.75 Å². The summed E-state index contributed by atoms with van der Waals surface area (Å²) < 4.78 is 5.72. The lowest BCUT2D eigenvalue weighted by Crippen LogP contribution is -2.41. The van der Waals surface area contributed by atoms with Crippen molar-refractivity contribution in [2.75, 3.05) is 33.3 Å². The van der Waals surface area contributed by atoms with Crippen molar-refractivity contribution in [1.82, 2.24) is 9.80 Å². The molecule has 0 saturated carbocycles. The van der Waals surface area contributed by atoms with Crippen LogP contribution in [-0.4, -0.2) is 54.9 Å². The van der Waals surface area contributed by atoms with E-state index in [1.165, 1.54) is 0 Å². The average molecular weight is 318 g/mol. The summed E-state index contributed by atoms with van der Waals surface area (Å²) in [5.74, 6) is 0.905. The van der Waals surface area contributed by atoms with Gasteiger partial charge in [-0.1, -0.05) is 13.0 Å². The first-order valence-electron chi connectivity index (χ1n) is 8.10. The molecule has 1 aromatic carbocycles. The minimum atomic E-state index is -0.0449. The third kappa shape index (κ3) is 4.71. The molecule has 126 valence electrons. The van der Waals surface area contributed by atoms with Crippen molar-refractivity contribution in [3.63, 3.8) is 0 Å². The van der Waals surface area contributed by atoms with Crippen molar-refractivity contribution in [3.05, 3.63) is 29.3 Å². The Morgan fingerprint density at radius 3 is 2.52 bits per heavy atom. The van der Waals surface area contributed by atoms with Crippen LogP contribution in [-0.2, 0) is 9.59 Å². The van der Waals surface area contributed by atoms with Gasteiger partial charge in [-0.2, -0.15) is 0 Å². The zero-order chi connectivity index (χ0) is 17.0. The van der Waals surface area contributed by atoms with Crippen LogP contribution in [0.1, 0.15) is 24.5 Å². The fourth-order valence-electron chi connectivity index (χ4n) is 2.78. The summed E-state index contributed by atoms with van der Waals surface area (Å²) in [5.41, 5.74) is 2.32. The molecule has 1 saturated heterocycles. The number of ether oxygens (including phenoxy) is 1. The Labute approximate surface area is 138 Å². The quantitative estimate of drug-likeness (QED) is 0.806. The van der Waals surface area contributed by atoms with Gasteiger partial charge in [0.25, 0.3) is 0 Å². The summed E-state index contributed by atoms with van der Waals surface area (Å²) in [4.78, 5) is 27.3. The Morgan fingerprint density at radius 1 is 1.30 bits per heavy atom. The standard InChI is InChI=1S/C18H26N2O3/c1-13-9-14(2)11-16(10-13)23-8-7-19(4)17(21)12-20-6-5-15(3)18(20)22/h9-11,15H,5-8,12H2,1-4H3. The van der Waals surface area contributed by atoms with Gasteiger partial charge < -0.3 is 14.5 Å². The maximum Gasteiger partial charge on any atom is 0.242 e. The fraction of sp³-hybridized carbons (Fsp3) is 0.556. The number of likely N-dealkylation sites (N-methyl/N-ethyl adjacent to an activating group) is 1. The van der Waals surface area contributed by atoms with Crippen LogP contribution in [0.3, 0.4) is 0 Å². The van der Waals surface area contributed by atoms with Crippen LogP contribution in [0.4, 0.5) is 0 Å². The fourth-order valence-corrected chi connectivity index (χ4v) is 2.78. The summed E-state index contributed by atoms with van der Waals surface area (Å²) in [5, 5.41) is 0. The van der Waals surface area contributed by atoms with E-state index >= 15 is 0 Å². The van der Waals surface area contributed by atoms with E-state index in [0.29, 0.717) is 19.7 Å². The minimum absolute atomic E-state index is 0.0426. The number of likely N-dealkylation sites (tertiary alicyclic amines) is 1. The molecule has 0 aromatic heterocycles. The molecule has 2 amide bonds. The van der Waals surface area contributed by atoms with Gasteiger partial charge in [0.05, 0.1) is 13.1 Å². The molecule has 0 spiro atoms. The molecule has 1 fully saturated rings. The van der Waals surface area contributed by atoms with Gasteiger partial charge in [0, 0.05) is 19.5 Å². The molecule has 1 aromatic rings. The summed E-state index contributed by atoms with van der Waals surface area (Å²) in [6.07, 6.45) is 0.839. The van der Waals surface area contributed by atoms with Gasteiger partial charge in [-0.3, -0.25) is 9.59 Å². The van der Waals surface area contributed by atoms with Crippen molar-refractivity contribution < 1.29 is 14.3 Å². The molecule has 0 aliphatic carbocycles. The van der Waals surface area contributed by atoms with E-state index in [9.17, 15) is 9.59 Å². The van der Waals surface area contributed by atoms with Crippen molar-refractivity contribution in [2.45, 2.75) is 27.2 Å². The molecule has 0 N–H and O–H groups in total. The molecule has 0 radical (unpaired) electrons. The summed E-state index contributed by atoms with van der Waals surface area (Å²) in [6.45, 7) is 7.77. The van der Waals surface area contributed by atoms with Gasteiger partial charge in [-0.25, -0.2) is 0 Å². The van der Waals surface area contributed by atoms with E-state index in [1.807, 2.05) is 32.9 Å². The van der Waals surface area contributed by atoms with E-state index in [-0.39, 0.29) is 24.3 Å². The zero-order valence-electron chi connectivity index (χ0n) is 14.5. The van der Waals surface area contributed by atoms with E-state index in [2.05, 4.69) is 6.07 Å². The average Bonchev–Trinajstić information content (AvgIpc) is 2.78. The second-order valence-electron chi connectivity index (χ2n) is 6.44. The molecule has 1 heterocycles. The number of carbonyl (C=O) groups excluding carboxylic acids is 2. The third-order valence-electron chi connectivity index (χ3n) is 4.21. The number of hydrogen-bond donors (Lipinski definition) is 0. The maximum atomic E-state index is 12.2. The van der Waals surface area contributed by atoms with Gasteiger partial charge in [0.15, 0.2) is 0 Å². The van der Waals surface area contributed by atoms with E-state index in [4.69, 9.17) is 4.74 Å². The minimum Gasteiger partial charge on any atom is -0.492 e. The molecular weight excluding hydrogens is 292 g/mol. The predicted octanol–water partition coefficient (Wildman–Crippen LogP) is 2.01. The van der Waals surface area contributed by atoms with Crippen LogP contribution in [0, 0.1) is 19.8 Å². The molecule has 1 aliphatic rings. The number of hydrogen-bond acceptors (Lipinski definition) is 3. The van der Waals surface area contributed by atoms with Crippen LogP contribution in [0.25, 0.3) is 0 Å². The maximum absolute atomic E-state index is 12.2. The first-order valence-corrected chi connectivity index (χ1v) is 8.10. The van der Waals surface area contributed by atoms with Crippen LogP contribution >= 0.6 is 0 Å². The lowest BCUT2D eigenvalue weighted by Gasteiger charge is -2.22. The molecule has 1 atom stereocenters. The second-order valence-corrected chi connectivity index (χ2v) is 6.44. The lowest BCUT2D eigenvalue weighted by molar-refractivity contribution is -0.138. The molecule has 1 unspecified atom stereocenters. The van der Waals surface area contributed by atoms with Crippen molar-refractivity contribution >= 4 is 11.8 Å². The Balaban J connectivity index is 1.77. The summed E-state index contributed by atoms with van der Waals surface area (Å²) in [6, 6.07) is 6.06. The Morgan fingerprint density at radius 2 is 1.96 bits per heavy atom. The molecule has 23 heavy (non-hydrogen) atoms. The van der Waals surface area contributed by atoms with Gasteiger partial charge in [0.2, 0.25) is 11.8 Å².